The van der Waals surface area contributed by atoms with Gasteiger partial charge in [-0.05, 0) is 79.2 Å². The van der Waals surface area contributed by atoms with Gasteiger partial charge in [-0.3, -0.25) is 4.79 Å². The van der Waals surface area contributed by atoms with E-state index in [4.69, 9.17) is 16.3 Å². The number of methoxy groups -OCH3 is 1. The molecule has 1 heterocycles. The molecule has 3 N–H and O–H groups in total. The van der Waals surface area contributed by atoms with Crippen LogP contribution in [-0.4, -0.2) is 23.0 Å². The Labute approximate surface area is 208 Å². The van der Waals surface area contributed by atoms with Crippen molar-refractivity contribution in [2.45, 2.75) is 6.92 Å². The Bertz CT molecular complexity index is 1320. The van der Waals surface area contributed by atoms with Crippen LogP contribution in [0.1, 0.15) is 11.3 Å². The minimum Gasteiger partial charge on any atom is -0.497 e. The van der Waals surface area contributed by atoms with E-state index in [1.165, 1.54) is 6.08 Å². The van der Waals surface area contributed by atoms with E-state index in [1.54, 1.807) is 25.3 Å². The number of nitrogens with zero attached hydrogens (tertiary/aromatic N) is 2. The molecule has 1 aromatic heterocycles. The summed E-state index contributed by atoms with van der Waals surface area (Å²) in [4.78, 5) is 21.2. The van der Waals surface area contributed by atoms with E-state index < -0.39 is 0 Å². The van der Waals surface area contributed by atoms with Crippen molar-refractivity contribution in [1.82, 2.24) is 9.97 Å². The summed E-state index contributed by atoms with van der Waals surface area (Å²) in [5.41, 5.74) is 4.06. The van der Waals surface area contributed by atoms with E-state index in [-0.39, 0.29) is 5.91 Å². The maximum absolute atomic E-state index is 12.2. The van der Waals surface area contributed by atoms with E-state index in [0.717, 1.165) is 28.4 Å². The van der Waals surface area contributed by atoms with Crippen LogP contribution in [0.2, 0.25) is 5.02 Å². The molecule has 0 unspecified atom stereocenters. The zero-order chi connectivity index (χ0) is 24.6. The second kappa shape index (κ2) is 11.2. The van der Waals surface area contributed by atoms with Gasteiger partial charge in [0.25, 0.3) is 0 Å². The lowest BCUT2D eigenvalue weighted by Crippen LogP contribution is -2.07. The van der Waals surface area contributed by atoms with Crippen molar-refractivity contribution >= 4 is 52.4 Å². The Morgan fingerprint density at radius 2 is 1.49 bits per heavy atom. The van der Waals surface area contributed by atoms with Crippen LogP contribution in [-0.2, 0) is 4.79 Å². The Morgan fingerprint density at radius 1 is 0.857 bits per heavy atom. The summed E-state index contributed by atoms with van der Waals surface area (Å²) in [6.07, 6.45) is 3.21. The van der Waals surface area contributed by atoms with Crippen LogP contribution in [0.3, 0.4) is 0 Å². The van der Waals surface area contributed by atoms with Gasteiger partial charge in [0.1, 0.15) is 11.6 Å². The fraction of sp³-hybridized carbons (Fsp3) is 0.0741. The van der Waals surface area contributed by atoms with E-state index in [1.807, 2.05) is 73.7 Å². The molecule has 0 bridgehead atoms. The average Bonchev–Trinajstić information content (AvgIpc) is 2.85. The normalized spacial score (nSPS) is 10.7. The molecule has 0 atom stereocenters. The summed E-state index contributed by atoms with van der Waals surface area (Å²) in [7, 11) is 1.63. The third-order valence-electron chi connectivity index (χ3n) is 4.92. The number of rotatable bonds is 8. The fourth-order valence-electron chi connectivity index (χ4n) is 3.21. The summed E-state index contributed by atoms with van der Waals surface area (Å²) in [6, 6.07) is 24.0. The molecular weight excluding hydrogens is 462 g/mol. The van der Waals surface area contributed by atoms with Gasteiger partial charge in [-0.25, -0.2) is 4.98 Å². The van der Waals surface area contributed by atoms with Crippen LogP contribution >= 0.6 is 11.6 Å². The van der Waals surface area contributed by atoms with Crippen LogP contribution in [0.5, 0.6) is 5.75 Å². The molecule has 8 heteroatoms. The number of nitrogens with one attached hydrogen (secondary N) is 3. The first-order valence-electron chi connectivity index (χ1n) is 10.9. The standard InChI is InChI=1S/C27H24ClN5O2/c1-18-17-25(30-21-12-14-24(35-2)15-13-21)33-27(29-18)32-23-10-8-22(9-11-23)31-26(34)16-5-19-3-6-20(28)7-4-19/h3-17H,1-2H3,(H,31,34)(H2,29,30,32,33)/b16-5+. The quantitative estimate of drug-likeness (QED) is 0.244. The predicted molar refractivity (Wildman–Crippen MR) is 142 cm³/mol. The Morgan fingerprint density at radius 3 is 2.17 bits per heavy atom. The van der Waals surface area contributed by atoms with Crippen molar-refractivity contribution in [3.63, 3.8) is 0 Å². The zero-order valence-corrected chi connectivity index (χ0v) is 20.0. The van der Waals surface area contributed by atoms with E-state index in [0.29, 0.717) is 22.5 Å². The molecule has 176 valence electrons. The van der Waals surface area contributed by atoms with Crippen molar-refractivity contribution in [1.29, 1.82) is 0 Å². The number of aromatic nitrogens is 2. The number of amides is 1. The van der Waals surface area contributed by atoms with Gasteiger partial charge in [0.05, 0.1) is 7.11 Å². The SMILES string of the molecule is COc1ccc(Nc2cc(C)nc(Nc3ccc(NC(=O)/C=C/c4ccc(Cl)cc4)cc3)n2)cc1. The molecule has 4 aromatic rings. The lowest BCUT2D eigenvalue weighted by Gasteiger charge is -2.11. The highest BCUT2D eigenvalue weighted by Gasteiger charge is 2.05. The van der Waals surface area contributed by atoms with Crippen molar-refractivity contribution in [2.75, 3.05) is 23.1 Å². The molecule has 1 amide bonds. The molecule has 0 saturated carbocycles. The second-order valence-electron chi connectivity index (χ2n) is 7.65. The van der Waals surface area contributed by atoms with Crippen molar-refractivity contribution in [3.8, 4) is 5.75 Å². The third-order valence-corrected chi connectivity index (χ3v) is 5.17. The Kier molecular flexibility index (Phi) is 7.60. The number of ether oxygens (including phenoxy) is 1. The van der Waals surface area contributed by atoms with Crippen LogP contribution in [0.15, 0.2) is 84.9 Å². The molecule has 7 nitrogen and oxygen atoms in total. The summed E-state index contributed by atoms with van der Waals surface area (Å²) in [5, 5.41) is 9.97. The summed E-state index contributed by atoms with van der Waals surface area (Å²) in [6.45, 7) is 1.91. The highest BCUT2D eigenvalue weighted by molar-refractivity contribution is 6.30. The van der Waals surface area contributed by atoms with Gasteiger partial charge in [-0.1, -0.05) is 23.7 Å². The summed E-state index contributed by atoms with van der Waals surface area (Å²) >= 11 is 5.88. The zero-order valence-electron chi connectivity index (χ0n) is 19.2. The number of carbonyl (C=O) groups excluding carboxylic acids is 1. The Balaban J connectivity index is 1.37. The van der Waals surface area contributed by atoms with Crippen molar-refractivity contribution in [2.24, 2.45) is 0 Å². The van der Waals surface area contributed by atoms with Gasteiger partial charge in [0.2, 0.25) is 11.9 Å². The molecule has 4 rings (SSSR count). The predicted octanol–water partition coefficient (Wildman–Crippen LogP) is 6.59. The van der Waals surface area contributed by atoms with E-state index in [9.17, 15) is 4.79 Å². The highest BCUT2D eigenvalue weighted by atomic mass is 35.5. The minimum absolute atomic E-state index is 0.225. The van der Waals surface area contributed by atoms with Gasteiger partial charge in [0.15, 0.2) is 0 Å². The number of hydrogen-bond acceptors (Lipinski definition) is 6. The first-order valence-corrected chi connectivity index (χ1v) is 11.2. The minimum atomic E-state index is -0.225. The number of anilines is 5. The second-order valence-corrected chi connectivity index (χ2v) is 8.08. The number of benzene rings is 3. The molecule has 0 saturated heterocycles. The van der Waals surface area contributed by atoms with Crippen LogP contribution in [0, 0.1) is 6.92 Å². The van der Waals surface area contributed by atoms with Crippen LogP contribution < -0.4 is 20.7 Å². The fourth-order valence-corrected chi connectivity index (χ4v) is 3.33. The number of halogens is 1. The topological polar surface area (TPSA) is 88.2 Å². The number of aryl methyl sites for hydroxylation is 1. The average molecular weight is 486 g/mol. The summed E-state index contributed by atoms with van der Waals surface area (Å²) in [5.74, 6) is 1.69. The molecule has 35 heavy (non-hydrogen) atoms. The van der Waals surface area contributed by atoms with E-state index >= 15 is 0 Å². The molecule has 0 aliphatic heterocycles. The smallest absolute Gasteiger partial charge is 0.248 e. The molecule has 0 fully saturated rings. The van der Waals surface area contributed by atoms with Gasteiger partial charge >= 0.3 is 0 Å². The van der Waals surface area contributed by atoms with Gasteiger partial charge < -0.3 is 20.7 Å². The molecule has 0 radical (unpaired) electrons. The van der Waals surface area contributed by atoms with Crippen molar-refractivity contribution in [3.05, 3.63) is 101 Å². The van der Waals surface area contributed by atoms with Gasteiger partial charge in [0, 0.05) is 39.9 Å². The molecular formula is C27H24ClN5O2. The van der Waals surface area contributed by atoms with Crippen molar-refractivity contribution < 1.29 is 9.53 Å². The lowest BCUT2D eigenvalue weighted by molar-refractivity contribution is -0.111. The monoisotopic (exact) mass is 485 g/mol. The number of hydrogen-bond donors (Lipinski definition) is 3. The van der Waals surface area contributed by atoms with E-state index in [2.05, 4.69) is 25.9 Å². The Hall–Kier alpha value is -4.36. The van der Waals surface area contributed by atoms with Crippen LogP contribution in [0.4, 0.5) is 28.8 Å². The first-order chi connectivity index (χ1) is 17.0. The largest absolute Gasteiger partial charge is 0.497 e. The lowest BCUT2D eigenvalue weighted by atomic mass is 10.2. The molecule has 0 aliphatic carbocycles. The van der Waals surface area contributed by atoms with Crippen LogP contribution in [0.25, 0.3) is 6.08 Å². The van der Waals surface area contributed by atoms with Gasteiger partial charge in [-0.2, -0.15) is 4.98 Å². The highest BCUT2D eigenvalue weighted by Crippen LogP contribution is 2.22. The maximum atomic E-state index is 12.2. The maximum Gasteiger partial charge on any atom is 0.248 e. The number of carbonyl (C=O) groups is 1. The van der Waals surface area contributed by atoms with Gasteiger partial charge in [-0.15, -0.1) is 0 Å². The first kappa shape index (κ1) is 23.8. The summed E-state index contributed by atoms with van der Waals surface area (Å²) < 4.78 is 5.19. The third kappa shape index (κ3) is 7.06. The molecule has 0 spiro atoms. The molecule has 3 aromatic carbocycles. The molecule has 0 aliphatic rings.